The summed E-state index contributed by atoms with van der Waals surface area (Å²) in [4.78, 5) is 19.7. The predicted molar refractivity (Wildman–Crippen MR) is 54.1 cm³/mol. The molecule has 8 heteroatoms. The molecular weight excluding hydrogens is 235 g/mol. The molecule has 0 unspecified atom stereocenters. The zero-order chi connectivity index (χ0) is 10.2. The lowest BCUT2D eigenvalue weighted by molar-refractivity contribution is 0.266. The molecule has 13 heavy (non-hydrogen) atoms. The van der Waals surface area contributed by atoms with Gasteiger partial charge < -0.3 is 0 Å². The monoisotopic (exact) mass is 244 g/mol. The van der Waals surface area contributed by atoms with Crippen molar-refractivity contribution in [2.75, 3.05) is 18.5 Å². The SMILES string of the molecule is CP(=O)(OCSC=O)OCSC=O. The van der Waals surface area contributed by atoms with E-state index in [-0.39, 0.29) is 11.9 Å². The highest BCUT2D eigenvalue weighted by molar-refractivity contribution is 8.12. The van der Waals surface area contributed by atoms with Gasteiger partial charge in [-0.3, -0.25) is 23.2 Å². The first-order valence-electron chi connectivity index (χ1n) is 3.09. The minimum atomic E-state index is -3.11. The summed E-state index contributed by atoms with van der Waals surface area (Å²) in [5.74, 6) is -0.0218. The van der Waals surface area contributed by atoms with E-state index in [0.717, 1.165) is 23.5 Å². The van der Waals surface area contributed by atoms with E-state index in [2.05, 4.69) is 0 Å². The lowest BCUT2D eigenvalue weighted by atomic mass is 11.7. The summed E-state index contributed by atoms with van der Waals surface area (Å²) in [6, 6.07) is 0. The Morgan fingerprint density at radius 3 is 1.85 bits per heavy atom. The van der Waals surface area contributed by atoms with Crippen molar-refractivity contribution < 1.29 is 23.2 Å². The fourth-order valence-electron chi connectivity index (χ4n) is 0.345. The maximum Gasteiger partial charge on any atom is 0.329 e. The molecule has 0 bridgehead atoms. The predicted octanol–water partition coefficient (Wildman–Crippen LogP) is 1.60. The second kappa shape index (κ2) is 7.58. The lowest BCUT2D eigenvalue weighted by Gasteiger charge is -2.11. The third-order valence-electron chi connectivity index (χ3n) is 0.847. The second-order valence-electron chi connectivity index (χ2n) is 1.79. The van der Waals surface area contributed by atoms with Gasteiger partial charge in [0.2, 0.25) is 0 Å². The van der Waals surface area contributed by atoms with Gasteiger partial charge in [-0.15, -0.1) is 0 Å². The van der Waals surface area contributed by atoms with Gasteiger partial charge in [0.25, 0.3) is 0 Å². The number of rotatable bonds is 8. The zero-order valence-electron chi connectivity index (χ0n) is 6.87. The fourth-order valence-corrected chi connectivity index (χ4v) is 2.55. The van der Waals surface area contributed by atoms with Crippen LogP contribution >= 0.6 is 31.1 Å². The second-order valence-corrected chi connectivity index (χ2v) is 5.37. The molecule has 0 spiro atoms. The Morgan fingerprint density at radius 2 is 1.54 bits per heavy atom. The summed E-state index contributed by atoms with van der Waals surface area (Å²) in [5, 5.41) is 0. The van der Waals surface area contributed by atoms with Crippen molar-refractivity contribution in [3.63, 3.8) is 0 Å². The third kappa shape index (κ3) is 8.52. The topological polar surface area (TPSA) is 69.7 Å². The molecule has 0 fully saturated rings. The minimum Gasteiger partial charge on any atom is -0.297 e. The average Bonchev–Trinajstić information content (AvgIpc) is 2.05. The maximum atomic E-state index is 11.3. The van der Waals surface area contributed by atoms with Crippen molar-refractivity contribution in [1.82, 2.24) is 0 Å². The molecule has 0 N–H and O–H groups in total. The van der Waals surface area contributed by atoms with Crippen LogP contribution in [0.5, 0.6) is 0 Å². The van der Waals surface area contributed by atoms with Gasteiger partial charge in [0.1, 0.15) is 11.9 Å². The first-order chi connectivity index (χ1) is 6.12. The Morgan fingerprint density at radius 1 is 1.15 bits per heavy atom. The van der Waals surface area contributed by atoms with Crippen molar-refractivity contribution in [3.8, 4) is 0 Å². The van der Waals surface area contributed by atoms with Crippen molar-refractivity contribution >= 4 is 42.4 Å². The van der Waals surface area contributed by atoms with E-state index in [1.807, 2.05) is 0 Å². The smallest absolute Gasteiger partial charge is 0.297 e. The lowest BCUT2D eigenvalue weighted by Crippen LogP contribution is -1.93. The Bertz CT molecular complexity index is 191. The van der Waals surface area contributed by atoms with Crippen molar-refractivity contribution in [2.24, 2.45) is 0 Å². The Kier molecular flexibility index (Phi) is 7.69. The molecular formula is C5H9O5PS2. The number of hydrogen-bond donors (Lipinski definition) is 0. The van der Waals surface area contributed by atoms with Gasteiger partial charge in [-0.05, 0) is 0 Å². The van der Waals surface area contributed by atoms with E-state index >= 15 is 0 Å². The highest BCUT2D eigenvalue weighted by Crippen LogP contribution is 2.44. The van der Waals surface area contributed by atoms with Crippen LogP contribution in [0.1, 0.15) is 0 Å². The van der Waals surface area contributed by atoms with Crippen molar-refractivity contribution in [1.29, 1.82) is 0 Å². The molecule has 0 saturated carbocycles. The summed E-state index contributed by atoms with van der Waals surface area (Å²) in [7, 11) is -3.11. The highest BCUT2D eigenvalue weighted by atomic mass is 32.2. The summed E-state index contributed by atoms with van der Waals surface area (Å²) >= 11 is 1.69. The van der Waals surface area contributed by atoms with Crippen LogP contribution in [0.2, 0.25) is 0 Å². The number of thioether (sulfide) groups is 2. The van der Waals surface area contributed by atoms with Gasteiger partial charge in [0.05, 0.1) is 0 Å². The van der Waals surface area contributed by atoms with Gasteiger partial charge in [0.15, 0.2) is 11.2 Å². The summed E-state index contributed by atoms with van der Waals surface area (Å²) in [5.41, 5.74) is 1.17. The first-order valence-corrected chi connectivity index (χ1v) is 7.18. The van der Waals surface area contributed by atoms with Crippen molar-refractivity contribution in [2.45, 2.75) is 0 Å². The molecule has 0 saturated heterocycles. The molecule has 0 aromatic rings. The normalized spacial score (nSPS) is 11.2. The third-order valence-corrected chi connectivity index (χ3v) is 3.17. The molecule has 0 atom stereocenters. The van der Waals surface area contributed by atoms with Crippen LogP contribution in [0.15, 0.2) is 0 Å². The Labute approximate surface area is 84.5 Å². The Hall–Kier alpha value is 0.190. The molecule has 0 aromatic carbocycles. The Balaban J connectivity index is 3.59. The standard InChI is InChI=1S/C5H9O5PS2/c1-11(8,9-4-12-2-6)10-5-13-3-7/h2-3H,4-5H2,1H3. The maximum absolute atomic E-state index is 11.3. The van der Waals surface area contributed by atoms with Crippen LogP contribution < -0.4 is 0 Å². The molecule has 5 nitrogen and oxygen atoms in total. The molecule has 76 valence electrons. The molecule has 0 rings (SSSR count). The van der Waals surface area contributed by atoms with Crippen molar-refractivity contribution in [3.05, 3.63) is 0 Å². The average molecular weight is 244 g/mol. The van der Waals surface area contributed by atoms with Gasteiger partial charge >= 0.3 is 7.60 Å². The van der Waals surface area contributed by atoms with Gasteiger partial charge in [0, 0.05) is 6.66 Å². The van der Waals surface area contributed by atoms with Crippen LogP contribution in [0, 0.1) is 0 Å². The van der Waals surface area contributed by atoms with E-state index in [9.17, 15) is 14.2 Å². The summed E-state index contributed by atoms with van der Waals surface area (Å²) < 4.78 is 20.8. The quantitative estimate of drug-likeness (QED) is 0.278. The number of carbonyl (C=O) groups excluding carboxylic acids is 2. The van der Waals surface area contributed by atoms with Gasteiger partial charge in [-0.1, -0.05) is 23.5 Å². The number of carbonyl (C=O) groups is 2. The highest BCUT2D eigenvalue weighted by Gasteiger charge is 2.16. The van der Waals surface area contributed by atoms with Crippen LogP contribution in [-0.4, -0.2) is 29.8 Å². The van der Waals surface area contributed by atoms with Crippen LogP contribution in [-0.2, 0) is 23.2 Å². The van der Waals surface area contributed by atoms with E-state index < -0.39 is 7.60 Å². The van der Waals surface area contributed by atoms with Crippen LogP contribution in [0.25, 0.3) is 0 Å². The van der Waals surface area contributed by atoms with E-state index in [0.29, 0.717) is 11.2 Å². The summed E-state index contributed by atoms with van der Waals surface area (Å²) in [6.45, 7) is 1.28. The molecule has 0 aliphatic heterocycles. The van der Waals surface area contributed by atoms with Gasteiger partial charge in [-0.2, -0.15) is 0 Å². The summed E-state index contributed by atoms with van der Waals surface area (Å²) in [6.07, 6.45) is 0. The first kappa shape index (κ1) is 13.2. The molecule has 0 radical (unpaired) electrons. The van der Waals surface area contributed by atoms with Crippen LogP contribution in [0.4, 0.5) is 0 Å². The van der Waals surface area contributed by atoms with E-state index in [1.54, 1.807) is 0 Å². The van der Waals surface area contributed by atoms with Crippen LogP contribution in [0.3, 0.4) is 0 Å². The zero-order valence-corrected chi connectivity index (χ0v) is 9.40. The molecule has 0 aliphatic carbocycles. The molecule has 0 heterocycles. The molecule has 0 aliphatic rings. The van der Waals surface area contributed by atoms with E-state index in [1.165, 1.54) is 6.66 Å². The molecule has 0 amide bonds. The minimum absolute atomic E-state index is 0.0109. The fraction of sp³-hybridized carbons (Fsp3) is 0.600. The number of hydrogen-bond acceptors (Lipinski definition) is 7. The van der Waals surface area contributed by atoms with E-state index in [4.69, 9.17) is 9.05 Å². The van der Waals surface area contributed by atoms with Gasteiger partial charge in [-0.25, -0.2) is 0 Å². The molecule has 0 aromatic heterocycles. The largest absolute Gasteiger partial charge is 0.329 e.